The minimum atomic E-state index is 0.242. The number of hydrogen-bond acceptors (Lipinski definition) is 4. The molecule has 1 aromatic heterocycles. The maximum absolute atomic E-state index is 8.59. The molecule has 0 spiro atoms. The highest BCUT2D eigenvalue weighted by Crippen LogP contribution is 2.11. The summed E-state index contributed by atoms with van der Waals surface area (Å²) in [5.74, 6) is 0. The minimum absolute atomic E-state index is 0.242. The Hall–Kier alpha value is -0.450. The second-order valence-electron chi connectivity index (χ2n) is 2.60. The molecule has 3 nitrogen and oxygen atoms in total. The zero-order chi connectivity index (χ0) is 8.81. The van der Waals surface area contributed by atoms with Crippen LogP contribution in [-0.2, 0) is 12.8 Å². The third-order valence-electron chi connectivity index (χ3n) is 1.55. The summed E-state index contributed by atoms with van der Waals surface area (Å²) >= 11 is 1.65. The monoisotopic (exact) mass is 186 g/mol. The summed E-state index contributed by atoms with van der Waals surface area (Å²) in [5.41, 5.74) is 6.47. The van der Waals surface area contributed by atoms with E-state index in [1.54, 1.807) is 11.3 Å². The van der Waals surface area contributed by atoms with Gasteiger partial charge in [0.25, 0.3) is 0 Å². The summed E-state index contributed by atoms with van der Waals surface area (Å²) in [6, 6.07) is 0. The van der Waals surface area contributed by atoms with Crippen molar-refractivity contribution in [3.8, 4) is 0 Å². The van der Waals surface area contributed by atoms with Gasteiger partial charge in [-0.3, -0.25) is 0 Å². The molecule has 1 rings (SSSR count). The van der Waals surface area contributed by atoms with Crippen LogP contribution < -0.4 is 5.73 Å². The number of thiazole rings is 1. The number of rotatable bonds is 5. The number of aromatic nitrogens is 1. The molecule has 0 unspecified atom stereocenters. The SMILES string of the molecule is NCCc1csc(CCCO)n1. The molecule has 0 radical (unpaired) electrons. The van der Waals surface area contributed by atoms with Crippen molar-refractivity contribution in [2.24, 2.45) is 5.73 Å². The Labute approximate surface area is 76.3 Å². The van der Waals surface area contributed by atoms with Crippen molar-refractivity contribution in [2.45, 2.75) is 19.3 Å². The van der Waals surface area contributed by atoms with Crippen molar-refractivity contribution in [3.63, 3.8) is 0 Å². The summed E-state index contributed by atoms with van der Waals surface area (Å²) in [7, 11) is 0. The number of aryl methyl sites for hydroxylation is 1. The molecule has 3 N–H and O–H groups in total. The van der Waals surface area contributed by atoms with E-state index < -0.39 is 0 Å². The fourth-order valence-electron chi connectivity index (χ4n) is 0.957. The van der Waals surface area contributed by atoms with Crippen molar-refractivity contribution in [1.29, 1.82) is 0 Å². The second kappa shape index (κ2) is 5.24. The van der Waals surface area contributed by atoms with Gasteiger partial charge < -0.3 is 10.8 Å². The van der Waals surface area contributed by atoms with Crippen LogP contribution in [0.1, 0.15) is 17.1 Å². The first kappa shape index (κ1) is 9.64. The highest BCUT2D eigenvalue weighted by molar-refractivity contribution is 7.09. The van der Waals surface area contributed by atoms with Crippen LogP contribution in [0.3, 0.4) is 0 Å². The van der Waals surface area contributed by atoms with Crippen molar-refractivity contribution >= 4 is 11.3 Å². The van der Waals surface area contributed by atoms with Gasteiger partial charge in [-0.2, -0.15) is 0 Å². The van der Waals surface area contributed by atoms with Crippen LogP contribution in [0.25, 0.3) is 0 Å². The van der Waals surface area contributed by atoms with Crippen molar-refractivity contribution in [1.82, 2.24) is 4.98 Å². The van der Waals surface area contributed by atoms with Gasteiger partial charge in [-0.25, -0.2) is 4.98 Å². The first-order chi connectivity index (χ1) is 5.86. The first-order valence-electron chi connectivity index (χ1n) is 4.11. The molecule has 1 heterocycles. The summed E-state index contributed by atoms with van der Waals surface area (Å²) in [4.78, 5) is 4.36. The van der Waals surface area contributed by atoms with Crippen molar-refractivity contribution < 1.29 is 5.11 Å². The van der Waals surface area contributed by atoms with E-state index in [9.17, 15) is 0 Å². The van der Waals surface area contributed by atoms with Crippen LogP contribution in [0.4, 0.5) is 0 Å². The number of hydrogen-bond donors (Lipinski definition) is 2. The molecule has 0 bridgehead atoms. The van der Waals surface area contributed by atoms with Gasteiger partial charge in [0.05, 0.1) is 10.7 Å². The molecular weight excluding hydrogens is 172 g/mol. The molecule has 0 fully saturated rings. The van der Waals surface area contributed by atoms with Gasteiger partial charge in [-0.1, -0.05) is 0 Å². The van der Waals surface area contributed by atoms with Crippen molar-refractivity contribution in [2.75, 3.05) is 13.2 Å². The standard InChI is InChI=1S/C8H14N2OS/c9-4-3-7-6-12-8(10-7)2-1-5-11/h6,11H,1-5,9H2. The lowest BCUT2D eigenvalue weighted by Gasteiger charge is -1.91. The van der Waals surface area contributed by atoms with E-state index in [-0.39, 0.29) is 6.61 Å². The molecule has 0 saturated heterocycles. The fourth-order valence-corrected chi connectivity index (χ4v) is 1.83. The van der Waals surface area contributed by atoms with Crippen LogP contribution in [-0.4, -0.2) is 23.2 Å². The Bertz CT molecular complexity index is 225. The van der Waals surface area contributed by atoms with Gasteiger partial charge in [-0.15, -0.1) is 11.3 Å². The first-order valence-corrected chi connectivity index (χ1v) is 4.99. The van der Waals surface area contributed by atoms with Gasteiger partial charge in [-0.05, 0) is 13.0 Å². The summed E-state index contributed by atoms with van der Waals surface area (Å²) in [6.07, 6.45) is 2.54. The Kier molecular flexibility index (Phi) is 4.21. The second-order valence-corrected chi connectivity index (χ2v) is 3.54. The highest BCUT2D eigenvalue weighted by Gasteiger charge is 1.99. The zero-order valence-corrected chi connectivity index (χ0v) is 7.81. The number of nitrogens with zero attached hydrogens (tertiary/aromatic N) is 1. The summed E-state index contributed by atoms with van der Waals surface area (Å²) in [5, 5.41) is 11.7. The average Bonchev–Trinajstić information content (AvgIpc) is 2.50. The van der Waals surface area contributed by atoms with E-state index in [2.05, 4.69) is 4.98 Å². The quantitative estimate of drug-likeness (QED) is 0.706. The molecule has 0 saturated carbocycles. The lowest BCUT2D eigenvalue weighted by Crippen LogP contribution is -2.02. The van der Waals surface area contributed by atoms with Crippen molar-refractivity contribution in [3.05, 3.63) is 16.1 Å². The lowest BCUT2D eigenvalue weighted by molar-refractivity contribution is 0.288. The predicted molar refractivity (Wildman–Crippen MR) is 50.3 cm³/mol. The zero-order valence-electron chi connectivity index (χ0n) is 6.99. The van der Waals surface area contributed by atoms with Crippen LogP contribution in [0.2, 0.25) is 0 Å². The van der Waals surface area contributed by atoms with Gasteiger partial charge in [0.15, 0.2) is 0 Å². The van der Waals surface area contributed by atoms with Crippen LogP contribution in [0, 0.1) is 0 Å². The van der Waals surface area contributed by atoms with Gasteiger partial charge in [0, 0.05) is 24.8 Å². The van der Waals surface area contributed by atoms with E-state index in [0.717, 1.165) is 30.0 Å². The molecule has 0 atom stereocenters. The smallest absolute Gasteiger partial charge is 0.0929 e. The third kappa shape index (κ3) is 2.89. The van der Waals surface area contributed by atoms with E-state index in [0.29, 0.717) is 6.54 Å². The van der Waals surface area contributed by atoms with E-state index >= 15 is 0 Å². The predicted octanol–water partition coefficient (Wildman–Crippen LogP) is 0.569. The summed E-state index contributed by atoms with van der Waals surface area (Å²) in [6.45, 7) is 0.898. The molecule has 4 heteroatoms. The van der Waals surface area contributed by atoms with Gasteiger partial charge >= 0.3 is 0 Å². The molecule has 68 valence electrons. The average molecular weight is 186 g/mol. The number of nitrogens with two attached hydrogens (primary N) is 1. The molecule has 0 aliphatic rings. The molecule has 0 aliphatic carbocycles. The largest absolute Gasteiger partial charge is 0.396 e. The molecule has 1 aromatic rings. The fraction of sp³-hybridized carbons (Fsp3) is 0.625. The van der Waals surface area contributed by atoms with E-state index in [1.807, 2.05) is 5.38 Å². The van der Waals surface area contributed by atoms with Crippen LogP contribution in [0.5, 0.6) is 0 Å². The molecule has 0 amide bonds. The Morgan fingerprint density at radius 3 is 3.00 bits per heavy atom. The molecule has 0 aliphatic heterocycles. The maximum atomic E-state index is 8.59. The lowest BCUT2D eigenvalue weighted by atomic mass is 10.3. The number of aliphatic hydroxyl groups is 1. The van der Waals surface area contributed by atoms with Crippen LogP contribution >= 0.6 is 11.3 Å². The van der Waals surface area contributed by atoms with Crippen LogP contribution in [0.15, 0.2) is 5.38 Å². The normalized spacial score (nSPS) is 10.5. The van der Waals surface area contributed by atoms with Gasteiger partial charge in [0.2, 0.25) is 0 Å². The molecular formula is C8H14N2OS. The third-order valence-corrected chi connectivity index (χ3v) is 2.51. The molecule has 0 aromatic carbocycles. The maximum Gasteiger partial charge on any atom is 0.0929 e. The van der Waals surface area contributed by atoms with E-state index in [4.69, 9.17) is 10.8 Å². The van der Waals surface area contributed by atoms with Gasteiger partial charge in [0.1, 0.15) is 0 Å². The Morgan fingerprint density at radius 2 is 2.33 bits per heavy atom. The topological polar surface area (TPSA) is 59.1 Å². The van der Waals surface area contributed by atoms with E-state index in [1.165, 1.54) is 0 Å². The summed E-state index contributed by atoms with van der Waals surface area (Å²) < 4.78 is 0. The highest BCUT2D eigenvalue weighted by atomic mass is 32.1. The Balaban J connectivity index is 2.41. The Morgan fingerprint density at radius 1 is 1.50 bits per heavy atom. The molecule has 12 heavy (non-hydrogen) atoms. The minimum Gasteiger partial charge on any atom is -0.396 e. The number of aliphatic hydroxyl groups excluding tert-OH is 1.